The average Bonchev–Trinajstić information content (AvgIpc) is 3.07. The summed E-state index contributed by atoms with van der Waals surface area (Å²) in [6.07, 6.45) is 1.40. The number of amides is 4. The highest BCUT2D eigenvalue weighted by atomic mass is 16.2. The van der Waals surface area contributed by atoms with Crippen LogP contribution >= 0.6 is 0 Å². The number of hydrogen-bond donors (Lipinski definition) is 0. The number of Topliss-reactive ketones (excluding diaryl/α,β-unsaturated/α-hetero) is 1. The number of ketones is 1. The summed E-state index contributed by atoms with van der Waals surface area (Å²) >= 11 is 0. The van der Waals surface area contributed by atoms with Crippen molar-refractivity contribution in [3.63, 3.8) is 0 Å². The van der Waals surface area contributed by atoms with Crippen molar-refractivity contribution in [1.82, 2.24) is 14.4 Å². The highest BCUT2D eigenvalue weighted by Crippen LogP contribution is 2.24. The van der Waals surface area contributed by atoms with Gasteiger partial charge in [0.1, 0.15) is 0 Å². The number of aryl methyl sites for hydroxylation is 3. The van der Waals surface area contributed by atoms with Crippen LogP contribution in [0.2, 0.25) is 0 Å². The van der Waals surface area contributed by atoms with Crippen LogP contribution in [0.15, 0.2) is 24.3 Å². The van der Waals surface area contributed by atoms with Gasteiger partial charge in [0.2, 0.25) is 0 Å². The summed E-state index contributed by atoms with van der Waals surface area (Å²) in [4.78, 5) is 51.6. The number of carbonyl (C=O) groups excluding carboxylic acids is 4. The van der Waals surface area contributed by atoms with E-state index in [0.29, 0.717) is 12.0 Å². The minimum Gasteiger partial charge on any atom is -0.318 e. The van der Waals surface area contributed by atoms with Gasteiger partial charge in [0, 0.05) is 29.2 Å². The first-order valence-electron chi connectivity index (χ1n) is 10.1. The topological polar surface area (TPSA) is 79.7 Å². The van der Waals surface area contributed by atoms with E-state index in [-0.39, 0.29) is 12.3 Å². The second-order valence-corrected chi connectivity index (χ2v) is 7.87. The highest BCUT2D eigenvalue weighted by Gasteiger charge is 2.44. The van der Waals surface area contributed by atoms with E-state index in [4.69, 9.17) is 0 Å². The Morgan fingerprint density at radius 1 is 0.867 bits per heavy atom. The predicted octanol–water partition coefficient (Wildman–Crippen LogP) is 3.48. The minimum atomic E-state index is -0.937. The summed E-state index contributed by atoms with van der Waals surface area (Å²) in [7, 11) is 0. The second-order valence-electron chi connectivity index (χ2n) is 7.87. The Kier molecular flexibility index (Phi) is 5.92. The van der Waals surface area contributed by atoms with Gasteiger partial charge >= 0.3 is 17.8 Å². The van der Waals surface area contributed by atoms with Gasteiger partial charge < -0.3 is 4.57 Å². The molecule has 0 bridgehead atoms. The molecule has 1 aliphatic heterocycles. The van der Waals surface area contributed by atoms with E-state index in [0.717, 1.165) is 44.4 Å². The zero-order valence-corrected chi connectivity index (χ0v) is 18.1. The standard InChI is InChI=1S/C23H27N3O4/c1-6-7-8-24-21(28)22(29)25(23(24)30)13-20(27)19-12-16(4)26(17(19)5)18-10-14(2)9-15(3)11-18/h9-12H,6-8,13H2,1-5H3. The van der Waals surface area contributed by atoms with Gasteiger partial charge in [0.15, 0.2) is 5.78 Å². The zero-order chi connectivity index (χ0) is 22.2. The number of hydrogen-bond acceptors (Lipinski definition) is 4. The van der Waals surface area contributed by atoms with Gasteiger partial charge in [-0.05, 0) is 63.4 Å². The van der Waals surface area contributed by atoms with Crippen molar-refractivity contribution in [2.24, 2.45) is 0 Å². The molecule has 0 atom stereocenters. The van der Waals surface area contributed by atoms with Gasteiger partial charge in [-0.2, -0.15) is 0 Å². The molecule has 2 aromatic rings. The number of benzene rings is 1. The van der Waals surface area contributed by atoms with Crippen LogP contribution in [-0.2, 0) is 9.59 Å². The quantitative estimate of drug-likeness (QED) is 0.398. The third kappa shape index (κ3) is 3.79. The van der Waals surface area contributed by atoms with E-state index >= 15 is 0 Å². The largest absolute Gasteiger partial charge is 0.334 e. The molecule has 3 rings (SSSR count). The first-order chi connectivity index (χ1) is 14.1. The summed E-state index contributed by atoms with van der Waals surface area (Å²) in [5, 5.41) is 0. The molecular weight excluding hydrogens is 382 g/mol. The van der Waals surface area contributed by atoms with Crippen molar-refractivity contribution < 1.29 is 19.2 Å². The summed E-state index contributed by atoms with van der Waals surface area (Å²) < 4.78 is 1.99. The number of carbonyl (C=O) groups is 4. The molecule has 1 saturated heterocycles. The lowest BCUT2D eigenvalue weighted by Crippen LogP contribution is -2.37. The number of nitrogens with zero attached hydrogens (tertiary/aromatic N) is 3. The fourth-order valence-electron chi connectivity index (χ4n) is 3.95. The maximum absolute atomic E-state index is 13.0. The maximum Gasteiger partial charge on any atom is 0.334 e. The molecule has 0 unspecified atom stereocenters. The van der Waals surface area contributed by atoms with E-state index in [2.05, 4.69) is 6.07 Å². The van der Waals surface area contributed by atoms with Crippen LogP contribution in [0.4, 0.5) is 4.79 Å². The monoisotopic (exact) mass is 409 g/mol. The highest BCUT2D eigenvalue weighted by molar-refractivity contribution is 6.45. The smallest absolute Gasteiger partial charge is 0.318 e. The number of unbranched alkanes of at least 4 members (excludes halogenated alkanes) is 1. The molecular formula is C23H27N3O4. The fourth-order valence-corrected chi connectivity index (χ4v) is 3.95. The maximum atomic E-state index is 13.0. The molecule has 0 aliphatic carbocycles. The number of aromatic nitrogens is 1. The lowest BCUT2D eigenvalue weighted by atomic mass is 10.1. The Bertz CT molecular complexity index is 1030. The Morgan fingerprint density at radius 3 is 2.07 bits per heavy atom. The fraction of sp³-hybridized carbons (Fsp3) is 0.391. The summed E-state index contributed by atoms with van der Waals surface area (Å²) in [5.41, 5.74) is 5.23. The first kappa shape index (κ1) is 21.5. The molecule has 7 nitrogen and oxygen atoms in total. The van der Waals surface area contributed by atoms with Crippen molar-refractivity contribution in [1.29, 1.82) is 0 Å². The van der Waals surface area contributed by atoms with Crippen molar-refractivity contribution >= 4 is 23.6 Å². The van der Waals surface area contributed by atoms with E-state index in [1.807, 2.05) is 51.3 Å². The summed E-state index contributed by atoms with van der Waals surface area (Å²) in [6.45, 7) is 9.45. The van der Waals surface area contributed by atoms with Crippen LogP contribution in [0, 0.1) is 27.7 Å². The summed E-state index contributed by atoms with van der Waals surface area (Å²) in [5.74, 6) is -2.17. The second kappa shape index (κ2) is 8.26. The average molecular weight is 409 g/mol. The van der Waals surface area contributed by atoms with E-state index in [1.165, 1.54) is 0 Å². The molecule has 1 aliphatic rings. The Labute approximate surface area is 176 Å². The Balaban J connectivity index is 1.87. The predicted molar refractivity (Wildman–Crippen MR) is 113 cm³/mol. The third-order valence-corrected chi connectivity index (χ3v) is 5.37. The van der Waals surface area contributed by atoms with E-state index in [9.17, 15) is 19.2 Å². The minimum absolute atomic E-state index is 0.186. The molecule has 158 valence electrons. The van der Waals surface area contributed by atoms with Crippen LogP contribution in [0.5, 0.6) is 0 Å². The Hall–Kier alpha value is -3.22. The van der Waals surface area contributed by atoms with Crippen LogP contribution in [0.3, 0.4) is 0 Å². The molecule has 1 fully saturated rings. The van der Waals surface area contributed by atoms with E-state index < -0.39 is 24.4 Å². The molecule has 2 heterocycles. The SMILES string of the molecule is CCCCN1C(=O)C(=O)N(CC(=O)c2cc(C)n(-c3cc(C)cc(C)c3)c2C)C1=O. The zero-order valence-electron chi connectivity index (χ0n) is 18.1. The molecule has 30 heavy (non-hydrogen) atoms. The molecule has 1 aromatic heterocycles. The van der Waals surface area contributed by atoms with Crippen molar-refractivity contribution in [2.75, 3.05) is 13.1 Å². The van der Waals surface area contributed by atoms with Crippen LogP contribution < -0.4 is 0 Å². The van der Waals surface area contributed by atoms with Crippen LogP contribution in [0.25, 0.3) is 5.69 Å². The summed E-state index contributed by atoms with van der Waals surface area (Å²) in [6, 6.07) is 7.21. The molecule has 4 amide bonds. The van der Waals surface area contributed by atoms with Gasteiger partial charge in [0.25, 0.3) is 0 Å². The van der Waals surface area contributed by atoms with Crippen molar-refractivity contribution in [2.45, 2.75) is 47.5 Å². The first-order valence-corrected chi connectivity index (χ1v) is 10.1. The molecule has 1 aromatic carbocycles. The molecule has 0 spiro atoms. The van der Waals surface area contributed by atoms with E-state index in [1.54, 1.807) is 6.07 Å². The van der Waals surface area contributed by atoms with Gasteiger partial charge in [-0.3, -0.25) is 19.3 Å². The van der Waals surface area contributed by atoms with Gasteiger partial charge in [-0.1, -0.05) is 19.4 Å². The number of rotatable bonds is 7. The molecule has 0 N–H and O–H groups in total. The van der Waals surface area contributed by atoms with Crippen LogP contribution in [0.1, 0.15) is 52.6 Å². The number of imide groups is 2. The lowest BCUT2D eigenvalue weighted by Gasteiger charge is -2.15. The normalized spacial score (nSPS) is 14.2. The molecule has 0 radical (unpaired) electrons. The van der Waals surface area contributed by atoms with Gasteiger partial charge in [-0.15, -0.1) is 0 Å². The lowest BCUT2D eigenvalue weighted by molar-refractivity contribution is -0.143. The Morgan fingerprint density at radius 2 is 1.47 bits per heavy atom. The van der Waals surface area contributed by atoms with Crippen molar-refractivity contribution in [3.8, 4) is 5.69 Å². The van der Waals surface area contributed by atoms with Crippen molar-refractivity contribution in [3.05, 3.63) is 52.3 Å². The van der Waals surface area contributed by atoms with Gasteiger partial charge in [-0.25, -0.2) is 9.69 Å². The molecule has 7 heteroatoms. The van der Waals surface area contributed by atoms with Crippen LogP contribution in [-0.4, -0.2) is 51.1 Å². The number of urea groups is 1. The van der Waals surface area contributed by atoms with Gasteiger partial charge in [0.05, 0.1) is 6.54 Å². The molecule has 0 saturated carbocycles. The third-order valence-electron chi connectivity index (χ3n) is 5.37.